The fourth-order valence-corrected chi connectivity index (χ4v) is 0.464. The molecule has 0 aliphatic carbocycles. The molecule has 0 aromatic carbocycles. The van der Waals surface area contributed by atoms with Gasteiger partial charge in [0, 0.05) is 5.57 Å². The molecule has 0 bridgehead atoms. The van der Waals surface area contributed by atoms with Crippen molar-refractivity contribution in [2.24, 2.45) is 5.73 Å². The van der Waals surface area contributed by atoms with Crippen LogP contribution < -0.4 is 5.73 Å². The zero-order valence-electron chi connectivity index (χ0n) is 9.16. The Morgan fingerprint density at radius 3 is 1.71 bits per heavy atom. The summed E-state index contributed by atoms with van der Waals surface area (Å²) in [4.78, 5) is 29.5. The number of carboxylic acid groups (broad SMARTS) is 3. The van der Waals surface area contributed by atoms with Gasteiger partial charge < -0.3 is 26.2 Å². The molecule has 0 spiro atoms. The van der Waals surface area contributed by atoms with E-state index in [-0.39, 0.29) is 5.57 Å². The van der Waals surface area contributed by atoms with Gasteiger partial charge in [0.1, 0.15) is 6.04 Å². The Morgan fingerprint density at radius 2 is 1.65 bits per heavy atom. The van der Waals surface area contributed by atoms with Crippen molar-refractivity contribution in [2.75, 3.05) is 0 Å². The van der Waals surface area contributed by atoms with Crippen molar-refractivity contribution in [1.29, 1.82) is 0 Å². The van der Waals surface area contributed by atoms with Crippen molar-refractivity contribution >= 4 is 17.9 Å². The van der Waals surface area contributed by atoms with Crippen molar-refractivity contribution in [2.45, 2.75) is 25.5 Å². The fraction of sp³-hybridized carbons (Fsp3) is 0.444. The Labute approximate surface area is 97.0 Å². The van der Waals surface area contributed by atoms with E-state index in [4.69, 9.17) is 26.2 Å². The lowest BCUT2D eigenvalue weighted by Gasteiger charge is -2.06. The first-order valence-corrected chi connectivity index (χ1v) is 4.38. The Bertz CT molecular complexity index is 310. The number of aliphatic carboxylic acids is 3. The topological polar surface area (TPSA) is 158 Å². The summed E-state index contributed by atoms with van der Waals surface area (Å²) >= 11 is 0. The molecule has 0 amide bonds. The van der Waals surface area contributed by atoms with Crippen LogP contribution >= 0.6 is 0 Å². The highest BCUT2D eigenvalue weighted by molar-refractivity contribution is 5.91. The zero-order valence-corrected chi connectivity index (χ0v) is 9.16. The second-order valence-corrected chi connectivity index (χ2v) is 3.08. The van der Waals surface area contributed by atoms with E-state index in [9.17, 15) is 14.4 Å². The molecule has 0 fully saturated rings. The summed E-state index contributed by atoms with van der Waals surface area (Å²) < 4.78 is 0. The summed E-state index contributed by atoms with van der Waals surface area (Å²) in [5.41, 5.74) is 4.61. The van der Waals surface area contributed by atoms with Gasteiger partial charge in [-0.15, -0.1) is 0 Å². The maximum atomic E-state index is 9.87. The largest absolute Gasteiger partial charge is 0.481 e. The maximum Gasteiger partial charge on any atom is 0.331 e. The molecule has 0 aliphatic rings. The summed E-state index contributed by atoms with van der Waals surface area (Å²) in [6, 6.07) is -1.16. The first kappa shape index (κ1) is 17.5. The van der Waals surface area contributed by atoms with Crippen molar-refractivity contribution in [3.63, 3.8) is 0 Å². The molecule has 8 heteroatoms. The van der Waals surface area contributed by atoms with E-state index in [1.807, 2.05) is 0 Å². The maximum absolute atomic E-state index is 9.87. The molecular formula is C9H15NO7. The number of hydrogen-bond donors (Lipinski definition) is 5. The molecule has 0 aliphatic heterocycles. The molecule has 0 radical (unpaired) electrons. The summed E-state index contributed by atoms with van der Waals surface area (Å²) in [5.74, 6) is -3.63. The van der Waals surface area contributed by atoms with Gasteiger partial charge in [-0.2, -0.15) is 0 Å². The molecule has 0 rings (SSSR count). The number of nitrogens with two attached hydrogens (primary N) is 1. The van der Waals surface area contributed by atoms with Gasteiger partial charge in [-0.1, -0.05) is 6.58 Å². The second-order valence-electron chi connectivity index (χ2n) is 3.08. The molecule has 6 N–H and O–H groups in total. The fourth-order valence-electron chi connectivity index (χ4n) is 0.464. The Balaban J connectivity index is 0. The van der Waals surface area contributed by atoms with Gasteiger partial charge in [-0.3, -0.25) is 9.59 Å². The highest BCUT2D eigenvalue weighted by atomic mass is 16.4. The normalized spacial score (nSPS) is 12.6. The van der Waals surface area contributed by atoms with Crippen LogP contribution in [-0.4, -0.2) is 50.5 Å². The molecular weight excluding hydrogens is 234 g/mol. The molecule has 0 heterocycles. The van der Waals surface area contributed by atoms with Crippen LogP contribution in [0.2, 0.25) is 0 Å². The molecule has 8 nitrogen and oxygen atoms in total. The van der Waals surface area contributed by atoms with E-state index < -0.39 is 36.5 Å². The minimum Gasteiger partial charge on any atom is -0.481 e. The third kappa shape index (κ3) is 10.4. The van der Waals surface area contributed by atoms with E-state index in [2.05, 4.69) is 6.58 Å². The SMILES string of the molecule is C=C(CC(=O)O)C(=O)O.CC(O)C(N)C(=O)O. The number of hydrogen-bond acceptors (Lipinski definition) is 5. The zero-order chi connectivity index (χ0) is 14.2. The molecule has 98 valence electrons. The Hall–Kier alpha value is -1.93. The van der Waals surface area contributed by atoms with Gasteiger partial charge in [-0.25, -0.2) is 4.79 Å². The lowest BCUT2D eigenvalue weighted by atomic mass is 10.2. The van der Waals surface area contributed by atoms with Crippen LogP contribution in [0.5, 0.6) is 0 Å². The van der Waals surface area contributed by atoms with Crippen LogP contribution in [0.1, 0.15) is 13.3 Å². The van der Waals surface area contributed by atoms with E-state index in [0.717, 1.165) is 0 Å². The van der Waals surface area contributed by atoms with Crippen LogP contribution in [0.3, 0.4) is 0 Å². The van der Waals surface area contributed by atoms with Crippen LogP contribution in [0.15, 0.2) is 12.2 Å². The first-order valence-electron chi connectivity index (χ1n) is 4.38. The standard InChI is InChI=1S/C5H6O4.C4H9NO3/c1-3(5(8)9)2-4(6)7;1-2(6)3(5)4(7)8/h1-2H2,(H,6,7)(H,8,9);2-3,6H,5H2,1H3,(H,7,8). The molecule has 0 saturated carbocycles. The quantitative estimate of drug-likeness (QED) is 0.383. The molecule has 17 heavy (non-hydrogen) atoms. The predicted molar refractivity (Wildman–Crippen MR) is 56.3 cm³/mol. The summed E-state index contributed by atoms with van der Waals surface area (Å²) in [6.07, 6.45) is -1.48. The van der Waals surface area contributed by atoms with Gasteiger partial charge >= 0.3 is 17.9 Å². The van der Waals surface area contributed by atoms with Gasteiger partial charge in [0.15, 0.2) is 0 Å². The van der Waals surface area contributed by atoms with Gasteiger partial charge in [0.2, 0.25) is 0 Å². The van der Waals surface area contributed by atoms with Crippen molar-refractivity contribution in [1.82, 2.24) is 0 Å². The highest BCUT2D eigenvalue weighted by Crippen LogP contribution is 1.95. The third-order valence-corrected chi connectivity index (χ3v) is 1.47. The minimum absolute atomic E-state index is 0.303. The summed E-state index contributed by atoms with van der Waals surface area (Å²) in [6.45, 7) is 4.35. The lowest BCUT2D eigenvalue weighted by molar-refractivity contribution is -0.141. The van der Waals surface area contributed by atoms with E-state index in [0.29, 0.717) is 0 Å². The smallest absolute Gasteiger partial charge is 0.331 e. The van der Waals surface area contributed by atoms with Crippen LogP contribution in [0.4, 0.5) is 0 Å². The van der Waals surface area contributed by atoms with Crippen molar-refractivity contribution < 1.29 is 34.8 Å². The lowest BCUT2D eigenvalue weighted by Crippen LogP contribution is -2.39. The van der Waals surface area contributed by atoms with Gasteiger partial charge in [0.25, 0.3) is 0 Å². The second kappa shape index (κ2) is 8.25. The number of carbonyl (C=O) groups is 3. The first-order chi connectivity index (χ1) is 7.59. The molecule has 2 unspecified atom stereocenters. The average Bonchev–Trinajstić information content (AvgIpc) is 2.15. The van der Waals surface area contributed by atoms with Gasteiger partial charge in [0.05, 0.1) is 12.5 Å². The van der Waals surface area contributed by atoms with Crippen LogP contribution in [0, 0.1) is 0 Å². The molecule has 0 saturated heterocycles. The third-order valence-electron chi connectivity index (χ3n) is 1.47. The van der Waals surface area contributed by atoms with E-state index in [1.54, 1.807) is 0 Å². The van der Waals surface area contributed by atoms with Crippen LogP contribution in [-0.2, 0) is 14.4 Å². The summed E-state index contributed by atoms with van der Waals surface area (Å²) in [7, 11) is 0. The van der Waals surface area contributed by atoms with E-state index >= 15 is 0 Å². The highest BCUT2D eigenvalue weighted by Gasteiger charge is 2.16. The van der Waals surface area contributed by atoms with Gasteiger partial charge in [-0.05, 0) is 6.92 Å². The Morgan fingerprint density at radius 1 is 1.24 bits per heavy atom. The van der Waals surface area contributed by atoms with Crippen molar-refractivity contribution in [3.8, 4) is 0 Å². The van der Waals surface area contributed by atoms with E-state index in [1.165, 1.54) is 6.92 Å². The minimum atomic E-state index is -1.27. The number of carboxylic acids is 3. The molecule has 2 atom stereocenters. The van der Waals surface area contributed by atoms with Crippen molar-refractivity contribution in [3.05, 3.63) is 12.2 Å². The molecule has 0 aromatic heterocycles. The Kier molecular flexibility index (Phi) is 8.47. The monoisotopic (exact) mass is 249 g/mol. The number of aliphatic hydroxyl groups excluding tert-OH is 1. The summed E-state index contributed by atoms with van der Waals surface area (Å²) in [5, 5.41) is 32.6. The van der Waals surface area contributed by atoms with Crippen LogP contribution in [0.25, 0.3) is 0 Å². The molecule has 0 aromatic rings. The predicted octanol–water partition coefficient (Wildman–Crippen LogP) is -1.12. The average molecular weight is 249 g/mol. The number of rotatable bonds is 5. The number of aliphatic hydroxyl groups is 1.